The summed E-state index contributed by atoms with van der Waals surface area (Å²) < 4.78 is 5.55. The Morgan fingerprint density at radius 2 is 1.86 bits per heavy atom. The van der Waals surface area contributed by atoms with Crippen molar-refractivity contribution in [3.05, 3.63) is 30.3 Å². The molecule has 2 heterocycles. The van der Waals surface area contributed by atoms with Crippen LogP contribution in [0, 0.1) is 0 Å². The number of carbonyl (C=O) groups is 1. The number of hydrogen-bond donors (Lipinski definition) is 0. The number of guanidine groups is 1. The van der Waals surface area contributed by atoms with E-state index in [1.807, 2.05) is 30.3 Å². The van der Waals surface area contributed by atoms with Crippen LogP contribution in [0.2, 0.25) is 0 Å². The summed E-state index contributed by atoms with van der Waals surface area (Å²) in [5.41, 5.74) is 0. The van der Waals surface area contributed by atoms with Gasteiger partial charge in [-0.25, -0.2) is 0 Å². The first-order valence-electron chi connectivity index (χ1n) is 7.62. The molecule has 1 amide bonds. The van der Waals surface area contributed by atoms with Crippen molar-refractivity contribution in [2.24, 2.45) is 4.99 Å². The highest BCUT2D eigenvalue weighted by Gasteiger charge is 2.28. The molecule has 0 aromatic heterocycles. The van der Waals surface area contributed by atoms with Crippen LogP contribution < -0.4 is 4.74 Å². The van der Waals surface area contributed by atoms with Crippen LogP contribution in [0.1, 0.15) is 19.3 Å². The molecule has 3 rings (SSSR count). The summed E-state index contributed by atoms with van der Waals surface area (Å²) in [4.78, 5) is 20.9. The molecule has 0 atom stereocenters. The molecular weight excluding hydrogens is 266 g/mol. The summed E-state index contributed by atoms with van der Waals surface area (Å²) in [7, 11) is 0. The number of benzene rings is 1. The Labute approximate surface area is 125 Å². The summed E-state index contributed by atoms with van der Waals surface area (Å²) in [5, 5.41) is 0. The van der Waals surface area contributed by atoms with E-state index >= 15 is 0 Å². The predicted molar refractivity (Wildman–Crippen MR) is 81.4 cm³/mol. The highest BCUT2D eigenvalue weighted by Crippen LogP contribution is 2.15. The molecule has 2 aliphatic rings. The quantitative estimate of drug-likeness (QED) is 0.851. The fourth-order valence-corrected chi connectivity index (χ4v) is 2.78. The van der Waals surface area contributed by atoms with E-state index in [0.717, 1.165) is 24.8 Å². The van der Waals surface area contributed by atoms with Gasteiger partial charge in [-0.1, -0.05) is 18.2 Å². The first kappa shape index (κ1) is 13.9. The molecule has 2 aliphatic heterocycles. The number of ether oxygens (including phenoxy) is 1. The number of piperidine rings is 1. The van der Waals surface area contributed by atoms with E-state index in [1.54, 1.807) is 4.90 Å². The summed E-state index contributed by atoms with van der Waals surface area (Å²) in [5.74, 6) is 1.55. The second-order valence-electron chi connectivity index (χ2n) is 5.38. The van der Waals surface area contributed by atoms with E-state index in [0.29, 0.717) is 13.1 Å². The minimum absolute atomic E-state index is 0.0133. The molecule has 112 valence electrons. The van der Waals surface area contributed by atoms with Crippen LogP contribution >= 0.6 is 0 Å². The van der Waals surface area contributed by atoms with Gasteiger partial charge < -0.3 is 9.64 Å². The topological polar surface area (TPSA) is 45.1 Å². The molecule has 0 saturated carbocycles. The van der Waals surface area contributed by atoms with Gasteiger partial charge in [0, 0.05) is 19.6 Å². The van der Waals surface area contributed by atoms with Crippen LogP contribution in [0.25, 0.3) is 0 Å². The molecule has 5 heteroatoms. The Bertz CT molecular complexity index is 510. The lowest BCUT2D eigenvalue weighted by Crippen LogP contribution is -2.48. The van der Waals surface area contributed by atoms with Crippen LogP contribution in [-0.4, -0.2) is 54.5 Å². The van der Waals surface area contributed by atoms with Crippen LogP contribution in [-0.2, 0) is 4.79 Å². The second-order valence-corrected chi connectivity index (χ2v) is 5.38. The van der Waals surface area contributed by atoms with Crippen LogP contribution in [0.4, 0.5) is 0 Å². The third-order valence-electron chi connectivity index (χ3n) is 3.86. The molecule has 1 fully saturated rings. The van der Waals surface area contributed by atoms with Gasteiger partial charge >= 0.3 is 0 Å². The van der Waals surface area contributed by atoms with Crippen molar-refractivity contribution in [3.63, 3.8) is 0 Å². The molecule has 21 heavy (non-hydrogen) atoms. The van der Waals surface area contributed by atoms with Crippen LogP contribution in [0.3, 0.4) is 0 Å². The maximum Gasteiger partial charge on any atom is 0.267 e. The summed E-state index contributed by atoms with van der Waals surface area (Å²) >= 11 is 0. The summed E-state index contributed by atoms with van der Waals surface area (Å²) in [6, 6.07) is 9.44. The molecule has 1 aromatic rings. The minimum Gasteiger partial charge on any atom is -0.484 e. The maximum atomic E-state index is 12.4. The third kappa shape index (κ3) is 3.35. The van der Waals surface area contributed by atoms with E-state index < -0.39 is 0 Å². The number of carbonyl (C=O) groups excluding carboxylic acids is 1. The Kier molecular flexibility index (Phi) is 4.38. The standard InChI is InChI=1S/C16H21N3O2/c20-15(13-21-14-7-3-1-4-8-14)19-12-9-17-16(19)18-10-5-2-6-11-18/h1,3-4,7-8H,2,5-6,9-13H2. The number of nitrogens with zero attached hydrogens (tertiary/aromatic N) is 3. The van der Waals surface area contributed by atoms with E-state index in [-0.39, 0.29) is 12.5 Å². The van der Waals surface area contributed by atoms with E-state index in [4.69, 9.17) is 4.74 Å². The Morgan fingerprint density at radius 3 is 2.62 bits per heavy atom. The number of likely N-dealkylation sites (tertiary alicyclic amines) is 1. The zero-order valence-electron chi connectivity index (χ0n) is 12.2. The van der Waals surface area contributed by atoms with Gasteiger partial charge in [0.15, 0.2) is 6.61 Å². The highest BCUT2D eigenvalue weighted by atomic mass is 16.5. The van der Waals surface area contributed by atoms with Crippen LogP contribution in [0.15, 0.2) is 35.3 Å². The largest absolute Gasteiger partial charge is 0.484 e. The van der Waals surface area contributed by atoms with Gasteiger partial charge in [0.05, 0.1) is 6.54 Å². The molecule has 5 nitrogen and oxygen atoms in total. The molecule has 0 radical (unpaired) electrons. The smallest absolute Gasteiger partial charge is 0.267 e. The molecular formula is C16H21N3O2. The Balaban J connectivity index is 1.57. The zero-order chi connectivity index (χ0) is 14.5. The van der Waals surface area contributed by atoms with E-state index in [1.165, 1.54) is 19.3 Å². The number of hydrogen-bond acceptors (Lipinski definition) is 4. The number of aliphatic imine (C=N–C) groups is 1. The number of para-hydroxylation sites is 1. The molecule has 0 unspecified atom stereocenters. The minimum atomic E-state index is -0.0133. The fourth-order valence-electron chi connectivity index (χ4n) is 2.78. The normalized spacial score (nSPS) is 18.6. The van der Waals surface area contributed by atoms with Crippen molar-refractivity contribution in [2.45, 2.75) is 19.3 Å². The predicted octanol–water partition coefficient (Wildman–Crippen LogP) is 1.75. The summed E-state index contributed by atoms with van der Waals surface area (Å²) in [6.07, 6.45) is 3.64. The average Bonchev–Trinajstić information content (AvgIpc) is 3.04. The maximum absolute atomic E-state index is 12.4. The lowest BCUT2D eigenvalue weighted by molar-refractivity contribution is -0.129. The van der Waals surface area contributed by atoms with Gasteiger partial charge in [-0.2, -0.15) is 0 Å². The van der Waals surface area contributed by atoms with Crippen molar-refractivity contribution >= 4 is 11.9 Å². The van der Waals surface area contributed by atoms with Crippen molar-refractivity contribution in [1.29, 1.82) is 0 Å². The molecule has 1 saturated heterocycles. The van der Waals surface area contributed by atoms with Crippen LogP contribution in [0.5, 0.6) is 5.75 Å². The van der Waals surface area contributed by atoms with Gasteiger partial charge in [0.2, 0.25) is 5.96 Å². The van der Waals surface area contributed by atoms with Crippen molar-refractivity contribution in [2.75, 3.05) is 32.8 Å². The molecule has 0 bridgehead atoms. The molecule has 0 aliphatic carbocycles. The van der Waals surface area contributed by atoms with Crippen molar-refractivity contribution < 1.29 is 9.53 Å². The van der Waals surface area contributed by atoms with Gasteiger partial charge in [0.1, 0.15) is 5.75 Å². The lowest BCUT2D eigenvalue weighted by Gasteiger charge is -2.32. The SMILES string of the molecule is O=C(COc1ccccc1)N1CCN=C1N1CCCCC1. The van der Waals surface area contributed by atoms with Gasteiger partial charge in [-0.3, -0.25) is 14.7 Å². The molecule has 0 N–H and O–H groups in total. The van der Waals surface area contributed by atoms with Crippen molar-refractivity contribution in [3.8, 4) is 5.75 Å². The third-order valence-corrected chi connectivity index (χ3v) is 3.86. The zero-order valence-corrected chi connectivity index (χ0v) is 12.2. The second kappa shape index (κ2) is 6.61. The summed E-state index contributed by atoms with van der Waals surface area (Å²) in [6.45, 7) is 3.44. The van der Waals surface area contributed by atoms with Crippen molar-refractivity contribution in [1.82, 2.24) is 9.80 Å². The van der Waals surface area contributed by atoms with Gasteiger partial charge in [-0.15, -0.1) is 0 Å². The van der Waals surface area contributed by atoms with E-state index in [9.17, 15) is 4.79 Å². The first-order chi connectivity index (χ1) is 10.3. The average molecular weight is 287 g/mol. The number of rotatable bonds is 3. The molecule has 1 aromatic carbocycles. The monoisotopic (exact) mass is 287 g/mol. The fraction of sp³-hybridized carbons (Fsp3) is 0.500. The number of amides is 1. The Morgan fingerprint density at radius 1 is 1.10 bits per heavy atom. The van der Waals surface area contributed by atoms with Gasteiger partial charge in [0.25, 0.3) is 5.91 Å². The molecule has 0 spiro atoms. The van der Waals surface area contributed by atoms with E-state index in [2.05, 4.69) is 9.89 Å². The highest BCUT2D eigenvalue weighted by molar-refractivity contribution is 5.98. The van der Waals surface area contributed by atoms with Gasteiger partial charge in [-0.05, 0) is 31.4 Å². The first-order valence-corrected chi connectivity index (χ1v) is 7.62. The lowest BCUT2D eigenvalue weighted by atomic mass is 10.1. The Hall–Kier alpha value is -2.04.